The van der Waals surface area contributed by atoms with Gasteiger partial charge < -0.3 is 15.0 Å². The molecule has 2 heterocycles. The van der Waals surface area contributed by atoms with Gasteiger partial charge in [0.1, 0.15) is 0 Å². The van der Waals surface area contributed by atoms with Crippen molar-refractivity contribution >= 4 is 17.7 Å². The topological polar surface area (TPSA) is 71.5 Å². The van der Waals surface area contributed by atoms with Crippen molar-refractivity contribution in [3.05, 3.63) is 23.0 Å². The van der Waals surface area contributed by atoms with Gasteiger partial charge in [0.25, 0.3) is 0 Å². The second-order valence-electron chi connectivity index (χ2n) is 6.76. The SMILES string of the molecule is CCOC(=O)c1cc(NC(=O)N2C[C@@H](C)C[C@H](C)C2)c(C)nc1C. The summed E-state index contributed by atoms with van der Waals surface area (Å²) in [5.74, 6) is 0.567. The molecule has 24 heavy (non-hydrogen) atoms. The molecule has 1 N–H and O–H groups in total. The van der Waals surface area contributed by atoms with E-state index in [0.717, 1.165) is 19.5 Å². The van der Waals surface area contributed by atoms with Crippen LogP contribution in [0.25, 0.3) is 0 Å². The zero-order chi connectivity index (χ0) is 17.9. The zero-order valence-corrected chi connectivity index (χ0v) is 15.2. The number of carbonyl (C=O) groups is 2. The number of anilines is 1. The maximum Gasteiger partial charge on any atom is 0.340 e. The number of esters is 1. The fourth-order valence-electron chi connectivity index (χ4n) is 3.29. The minimum absolute atomic E-state index is 0.142. The fourth-order valence-corrected chi connectivity index (χ4v) is 3.29. The number of carbonyl (C=O) groups excluding carboxylic acids is 2. The number of aromatic nitrogens is 1. The Balaban J connectivity index is 2.18. The summed E-state index contributed by atoms with van der Waals surface area (Å²) in [6.07, 6.45) is 1.14. The Bertz CT molecular complexity index is 620. The molecule has 0 aliphatic carbocycles. The molecule has 0 radical (unpaired) electrons. The first-order valence-electron chi connectivity index (χ1n) is 8.53. The predicted octanol–water partition coefficient (Wildman–Crippen LogP) is 3.38. The van der Waals surface area contributed by atoms with Crippen molar-refractivity contribution < 1.29 is 14.3 Å². The van der Waals surface area contributed by atoms with Crippen molar-refractivity contribution in [3.63, 3.8) is 0 Å². The Morgan fingerprint density at radius 1 is 1.25 bits per heavy atom. The van der Waals surface area contributed by atoms with E-state index in [2.05, 4.69) is 24.1 Å². The van der Waals surface area contributed by atoms with Crippen molar-refractivity contribution in [2.45, 2.75) is 41.0 Å². The van der Waals surface area contributed by atoms with Crippen molar-refractivity contribution in [1.82, 2.24) is 9.88 Å². The van der Waals surface area contributed by atoms with E-state index in [4.69, 9.17) is 4.74 Å². The highest BCUT2D eigenvalue weighted by Crippen LogP contribution is 2.23. The van der Waals surface area contributed by atoms with Gasteiger partial charge in [-0.15, -0.1) is 0 Å². The number of likely N-dealkylation sites (tertiary alicyclic amines) is 1. The Morgan fingerprint density at radius 3 is 2.46 bits per heavy atom. The molecule has 6 nitrogen and oxygen atoms in total. The molecular formula is C18H27N3O3. The van der Waals surface area contributed by atoms with Crippen molar-refractivity contribution in [1.29, 1.82) is 0 Å². The smallest absolute Gasteiger partial charge is 0.340 e. The van der Waals surface area contributed by atoms with Gasteiger partial charge in [-0.2, -0.15) is 0 Å². The first-order chi connectivity index (χ1) is 11.3. The van der Waals surface area contributed by atoms with Crippen LogP contribution in [0, 0.1) is 25.7 Å². The van der Waals surface area contributed by atoms with E-state index >= 15 is 0 Å². The lowest BCUT2D eigenvalue weighted by Gasteiger charge is -2.35. The summed E-state index contributed by atoms with van der Waals surface area (Å²) in [4.78, 5) is 30.8. The zero-order valence-electron chi connectivity index (χ0n) is 15.2. The maximum absolute atomic E-state index is 12.6. The standard InChI is InChI=1S/C18H27N3O3/c1-6-24-17(22)15-8-16(14(5)19-13(15)4)20-18(23)21-9-11(2)7-12(3)10-21/h8,11-12H,6-7,9-10H2,1-5H3,(H,20,23)/t11-,12-/m0/s1. The van der Waals surface area contributed by atoms with Crippen LogP contribution in [0.2, 0.25) is 0 Å². The molecule has 132 valence electrons. The molecule has 0 saturated carbocycles. The van der Waals surface area contributed by atoms with Gasteiger partial charge in [0.05, 0.1) is 29.2 Å². The minimum atomic E-state index is -0.418. The van der Waals surface area contributed by atoms with Crippen molar-refractivity contribution in [2.24, 2.45) is 11.8 Å². The highest BCUT2D eigenvalue weighted by atomic mass is 16.5. The van der Waals surface area contributed by atoms with Gasteiger partial charge in [-0.1, -0.05) is 13.8 Å². The molecule has 1 aromatic rings. The third kappa shape index (κ3) is 4.24. The summed E-state index contributed by atoms with van der Waals surface area (Å²) in [6, 6.07) is 1.52. The summed E-state index contributed by atoms with van der Waals surface area (Å²) >= 11 is 0. The number of amides is 2. The first-order valence-corrected chi connectivity index (χ1v) is 8.53. The predicted molar refractivity (Wildman–Crippen MR) is 93.2 cm³/mol. The lowest BCUT2D eigenvalue weighted by atomic mass is 9.92. The van der Waals surface area contributed by atoms with E-state index in [9.17, 15) is 9.59 Å². The van der Waals surface area contributed by atoms with Gasteiger partial charge >= 0.3 is 12.0 Å². The highest BCUT2D eigenvalue weighted by molar-refractivity contribution is 5.95. The van der Waals surface area contributed by atoms with Gasteiger partial charge in [-0.05, 0) is 45.1 Å². The average Bonchev–Trinajstić information content (AvgIpc) is 2.49. The van der Waals surface area contributed by atoms with E-state index in [1.165, 1.54) is 0 Å². The number of rotatable bonds is 3. The Hall–Kier alpha value is -2.11. The quantitative estimate of drug-likeness (QED) is 0.861. The van der Waals surface area contributed by atoms with Crippen LogP contribution < -0.4 is 5.32 Å². The lowest BCUT2D eigenvalue weighted by Crippen LogP contribution is -2.44. The summed E-state index contributed by atoms with van der Waals surface area (Å²) < 4.78 is 5.05. The largest absolute Gasteiger partial charge is 0.462 e. The van der Waals surface area contributed by atoms with Gasteiger partial charge in [0.15, 0.2) is 0 Å². The molecular weight excluding hydrogens is 306 g/mol. The second-order valence-corrected chi connectivity index (χ2v) is 6.76. The molecule has 0 aromatic carbocycles. The van der Waals surface area contributed by atoms with Crippen molar-refractivity contribution in [2.75, 3.05) is 25.0 Å². The fraction of sp³-hybridized carbons (Fsp3) is 0.611. The molecule has 1 fully saturated rings. The molecule has 1 saturated heterocycles. The van der Waals surface area contributed by atoms with Gasteiger partial charge in [-0.3, -0.25) is 4.98 Å². The number of piperidine rings is 1. The molecule has 2 rings (SSSR count). The van der Waals surface area contributed by atoms with Gasteiger partial charge in [0, 0.05) is 13.1 Å². The number of ether oxygens (including phenoxy) is 1. The second kappa shape index (κ2) is 7.64. The molecule has 1 aromatic heterocycles. The summed E-state index contributed by atoms with van der Waals surface area (Å²) in [7, 11) is 0. The van der Waals surface area contributed by atoms with Crippen LogP contribution in [0.3, 0.4) is 0 Å². The average molecular weight is 333 g/mol. The van der Waals surface area contributed by atoms with E-state index < -0.39 is 5.97 Å². The van der Waals surface area contributed by atoms with Crippen LogP contribution in [0.4, 0.5) is 10.5 Å². The number of nitrogens with one attached hydrogen (secondary N) is 1. The first kappa shape index (κ1) is 18.2. The number of aryl methyl sites for hydroxylation is 2. The maximum atomic E-state index is 12.6. The molecule has 2 amide bonds. The molecule has 1 aliphatic heterocycles. The number of hydrogen-bond donors (Lipinski definition) is 1. The Kier molecular flexibility index (Phi) is 5.80. The summed E-state index contributed by atoms with van der Waals surface area (Å²) in [5.41, 5.74) is 2.23. The lowest BCUT2D eigenvalue weighted by molar-refractivity contribution is 0.0525. The van der Waals surface area contributed by atoms with Gasteiger partial charge in [-0.25, -0.2) is 9.59 Å². The molecule has 0 bridgehead atoms. The van der Waals surface area contributed by atoms with E-state index in [0.29, 0.717) is 41.1 Å². The molecule has 0 unspecified atom stereocenters. The number of hydrogen-bond acceptors (Lipinski definition) is 4. The molecule has 2 atom stereocenters. The normalized spacial score (nSPS) is 20.6. The number of nitrogens with zero attached hydrogens (tertiary/aromatic N) is 2. The van der Waals surface area contributed by atoms with Crippen LogP contribution in [0.1, 0.15) is 48.9 Å². The van der Waals surface area contributed by atoms with Crippen LogP contribution in [-0.2, 0) is 4.74 Å². The van der Waals surface area contributed by atoms with E-state index in [1.807, 2.05) is 11.8 Å². The van der Waals surface area contributed by atoms with Crippen LogP contribution in [-0.4, -0.2) is 41.6 Å². The van der Waals surface area contributed by atoms with Crippen LogP contribution in [0.5, 0.6) is 0 Å². The van der Waals surface area contributed by atoms with Crippen LogP contribution >= 0.6 is 0 Å². The van der Waals surface area contributed by atoms with Gasteiger partial charge in [0.2, 0.25) is 0 Å². The number of pyridine rings is 1. The Labute approximate surface area is 143 Å². The van der Waals surface area contributed by atoms with E-state index in [-0.39, 0.29) is 6.03 Å². The van der Waals surface area contributed by atoms with E-state index in [1.54, 1.807) is 19.9 Å². The number of urea groups is 1. The Morgan fingerprint density at radius 2 is 1.88 bits per heavy atom. The monoisotopic (exact) mass is 333 g/mol. The minimum Gasteiger partial charge on any atom is -0.462 e. The molecule has 6 heteroatoms. The molecule has 1 aliphatic rings. The van der Waals surface area contributed by atoms with Crippen molar-refractivity contribution in [3.8, 4) is 0 Å². The van der Waals surface area contributed by atoms with Crippen LogP contribution in [0.15, 0.2) is 6.07 Å². The highest BCUT2D eigenvalue weighted by Gasteiger charge is 2.26. The summed E-state index contributed by atoms with van der Waals surface area (Å²) in [5, 5.41) is 2.90. The molecule has 0 spiro atoms. The third-order valence-corrected chi connectivity index (χ3v) is 4.30. The summed E-state index contributed by atoms with van der Waals surface area (Å²) in [6.45, 7) is 11.5. The third-order valence-electron chi connectivity index (χ3n) is 4.30.